The molecule has 10 heteroatoms. The zero-order valence-electron chi connectivity index (χ0n) is 22.0. The highest BCUT2D eigenvalue weighted by Crippen LogP contribution is 2.28. The molecular formula is C30H25ClN6O3. The van der Waals surface area contributed by atoms with Crippen LogP contribution in [0.5, 0.6) is 0 Å². The number of carbonyl (C=O) groups is 2. The lowest BCUT2D eigenvalue weighted by Crippen LogP contribution is -2.25. The topological polar surface area (TPSA) is 125 Å². The van der Waals surface area contributed by atoms with Gasteiger partial charge in [0.1, 0.15) is 17.1 Å². The number of aromatic nitrogens is 4. The predicted octanol–water partition coefficient (Wildman–Crippen LogP) is 5.30. The van der Waals surface area contributed by atoms with E-state index in [1.54, 1.807) is 91.6 Å². The van der Waals surface area contributed by atoms with Gasteiger partial charge in [-0.25, -0.2) is 14.6 Å². The van der Waals surface area contributed by atoms with Gasteiger partial charge in [-0.05, 0) is 50.2 Å². The number of rotatable bonds is 6. The molecule has 5 aromatic rings. The van der Waals surface area contributed by atoms with Gasteiger partial charge in [0.2, 0.25) is 0 Å². The van der Waals surface area contributed by atoms with Crippen molar-refractivity contribution < 1.29 is 9.59 Å². The van der Waals surface area contributed by atoms with Crippen LogP contribution >= 0.6 is 11.6 Å². The minimum atomic E-state index is -0.529. The van der Waals surface area contributed by atoms with E-state index in [4.69, 9.17) is 17.3 Å². The zero-order chi connectivity index (χ0) is 28.6. The van der Waals surface area contributed by atoms with Crippen LogP contribution < -0.4 is 16.6 Å². The number of Topliss-reactive ketones (excluding diaryl/α,β-unsaturated/α-hetero) is 1. The van der Waals surface area contributed by atoms with Gasteiger partial charge in [-0.15, -0.1) is 0 Å². The lowest BCUT2D eigenvalue weighted by Gasteiger charge is -2.10. The van der Waals surface area contributed by atoms with Crippen LogP contribution in [-0.2, 0) is 7.05 Å². The standard InChI is InChI=1S/C30H25ClN6O3/c1-17-26(30(40)37(36(17)3)24-9-5-8-22(31)15-24)29(39)34-23-12-10-19(11-13-23)27-28(32)33-16-25(35-27)21-7-4-6-20(14-21)18(2)38/h4-16H,1-3H3,(H2,32,33)(H,34,39). The summed E-state index contributed by atoms with van der Waals surface area (Å²) in [5.41, 5.74) is 10.3. The van der Waals surface area contributed by atoms with Crippen molar-refractivity contribution in [3.63, 3.8) is 0 Å². The molecule has 0 spiro atoms. The van der Waals surface area contributed by atoms with Crippen LogP contribution in [-0.4, -0.2) is 31.0 Å². The molecule has 0 aliphatic carbocycles. The van der Waals surface area contributed by atoms with Crippen LogP contribution in [0.4, 0.5) is 11.5 Å². The van der Waals surface area contributed by atoms with Crippen LogP contribution in [0.15, 0.2) is 83.8 Å². The largest absolute Gasteiger partial charge is 0.382 e. The Labute approximate surface area is 234 Å². The third-order valence-electron chi connectivity index (χ3n) is 6.62. The van der Waals surface area contributed by atoms with E-state index in [0.29, 0.717) is 44.6 Å². The van der Waals surface area contributed by atoms with Crippen molar-refractivity contribution >= 4 is 34.8 Å². The van der Waals surface area contributed by atoms with E-state index in [1.165, 1.54) is 11.6 Å². The Morgan fingerprint density at radius 1 is 0.975 bits per heavy atom. The van der Waals surface area contributed by atoms with Crippen molar-refractivity contribution in [3.8, 4) is 28.2 Å². The Morgan fingerprint density at radius 2 is 1.70 bits per heavy atom. The van der Waals surface area contributed by atoms with E-state index in [9.17, 15) is 14.4 Å². The van der Waals surface area contributed by atoms with Gasteiger partial charge in [0, 0.05) is 34.4 Å². The Balaban J connectivity index is 1.41. The predicted molar refractivity (Wildman–Crippen MR) is 156 cm³/mol. The molecule has 0 aliphatic heterocycles. The maximum Gasteiger partial charge on any atom is 0.284 e. The van der Waals surface area contributed by atoms with E-state index in [1.807, 2.05) is 6.07 Å². The molecule has 200 valence electrons. The molecule has 5 rings (SSSR count). The second-order valence-electron chi connectivity index (χ2n) is 9.24. The maximum absolute atomic E-state index is 13.2. The van der Waals surface area contributed by atoms with E-state index in [-0.39, 0.29) is 17.2 Å². The van der Waals surface area contributed by atoms with Gasteiger partial charge in [-0.3, -0.25) is 19.1 Å². The summed E-state index contributed by atoms with van der Waals surface area (Å²) in [6.07, 6.45) is 1.56. The second kappa shape index (κ2) is 10.6. The summed E-state index contributed by atoms with van der Waals surface area (Å²) in [6.45, 7) is 3.22. The van der Waals surface area contributed by atoms with Crippen molar-refractivity contribution in [3.05, 3.63) is 111 Å². The average Bonchev–Trinajstić information content (AvgIpc) is 3.16. The normalized spacial score (nSPS) is 10.9. The number of nitrogen functional groups attached to an aromatic ring is 1. The van der Waals surface area contributed by atoms with Crippen LogP contribution in [0, 0.1) is 6.92 Å². The number of nitrogens with one attached hydrogen (secondary N) is 1. The molecule has 0 saturated carbocycles. The highest BCUT2D eigenvalue weighted by molar-refractivity contribution is 6.30. The average molecular weight is 553 g/mol. The Hall–Kier alpha value is -5.02. The van der Waals surface area contributed by atoms with E-state index < -0.39 is 11.5 Å². The van der Waals surface area contributed by atoms with Crippen molar-refractivity contribution in [2.75, 3.05) is 11.1 Å². The summed E-state index contributed by atoms with van der Waals surface area (Å²) in [4.78, 5) is 47.2. The Bertz CT molecular complexity index is 1840. The fourth-order valence-corrected chi connectivity index (χ4v) is 4.61. The number of amides is 1. The van der Waals surface area contributed by atoms with E-state index in [0.717, 1.165) is 5.56 Å². The Kier molecular flexibility index (Phi) is 7.06. The molecule has 0 saturated heterocycles. The molecule has 0 atom stereocenters. The quantitative estimate of drug-likeness (QED) is 0.275. The molecule has 9 nitrogen and oxygen atoms in total. The minimum absolute atomic E-state index is 0.0298. The molecular weight excluding hydrogens is 528 g/mol. The highest BCUT2D eigenvalue weighted by atomic mass is 35.5. The van der Waals surface area contributed by atoms with Crippen LogP contribution in [0.3, 0.4) is 0 Å². The number of ketones is 1. The van der Waals surface area contributed by atoms with Gasteiger partial charge >= 0.3 is 0 Å². The first-order valence-electron chi connectivity index (χ1n) is 12.3. The number of nitrogens with zero attached hydrogens (tertiary/aromatic N) is 4. The number of hydrogen-bond donors (Lipinski definition) is 2. The lowest BCUT2D eigenvalue weighted by atomic mass is 10.1. The van der Waals surface area contributed by atoms with Crippen LogP contribution in [0.25, 0.3) is 28.2 Å². The summed E-state index contributed by atoms with van der Waals surface area (Å²) >= 11 is 6.11. The first kappa shape index (κ1) is 26.6. The summed E-state index contributed by atoms with van der Waals surface area (Å²) in [5.74, 6) is -0.333. The summed E-state index contributed by atoms with van der Waals surface area (Å²) in [6, 6.07) is 20.9. The first-order chi connectivity index (χ1) is 19.1. The summed E-state index contributed by atoms with van der Waals surface area (Å²) in [7, 11) is 1.71. The van der Waals surface area contributed by atoms with E-state index in [2.05, 4.69) is 15.3 Å². The van der Waals surface area contributed by atoms with Gasteiger partial charge < -0.3 is 11.1 Å². The SMILES string of the molecule is CC(=O)c1cccc(-c2cnc(N)c(-c3ccc(NC(=O)c4c(C)n(C)n(-c5cccc(Cl)c5)c4=O)cc3)n2)c1. The third kappa shape index (κ3) is 5.02. The molecule has 0 aliphatic rings. The number of hydrogen-bond acceptors (Lipinski definition) is 6. The molecule has 0 radical (unpaired) electrons. The molecule has 2 aromatic heterocycles. The smallest absolute Gasteiger partial charge is 0.284 e. The van der Waals surface area contributed by atoms with Gasteiger partial charge in [0.15, 0.2) is 5.78 Å². The summed E-state index contributed by atoms with van der Waals surface area (Å²) in [5, 5.41) is 3.28. The maximum atomic E-state index is 13.2. The first-order valence-corrected chi connectivity index (χ1v) is 12.7. The molecule has 0 fully saturated rings. The van der Waals surface area contributed by atoms with Gasteiger partial charge in [0.05, 0.1) is 23.3 Å². The second-order valence-corrected chi connectivity index (χ2v) is 9.67. The molecule has 1 amide bonds. The van der Waals surface area contributed by atoms with Crippen LogP contribution in [0.2, 0.25) is 5.02 Å². The van der Waals surface area contributed by atoms with Crippen molar-refractivity contribution in [1.29, 1.82) is 0 Å². The molecule has 0 bridgehead atoms. The lowest BCUT2D eigenvalue weighted by molar-refractivity contribution is 0.101. The fourth-order valence-electron chi connectivity index (χ4n) is 4.42. The molecule has 3 aromatic carbocycles. The van der Waals surface area contributed by atoms with Crippen molar-refractivity contribution in [2.45, 2.75) is 13.8 Å². The van der Waals surface area contributed by atoms with Gasteiger partial charge in [-0.1, -0.05) is 48.0 Å². The van der Waals surface area contributed by atoms with Crippen molar-refractivity contribution in [1.82, 2.24) is 19.3 Å². The minimum Gasteiger partial charge on any atom is -0.382 e. The molecule has 40 heavy (non-hydrogen) atoms. The molecule has 2 heterocycles. The monoisotopic (exact) mass is 552 g/mol. The molecule has 0 unspecified atom stereocenters. The van der Waals surface area contributed by atoms with Gasteiger partial charge in [-0.2, -0.15) is 0 Å². The van der Waals surface area contributed by atoms with Crippen molar-refractivity contribution in [2.24, 2.45) is 7.05 Å². The van der Waals surface area contributed by atoms with Crippen LogP contribution in [0.1, 0.15) is 33.3 Å². The third-order valence-corrected chi connectivity index (χ3v) is 6.85. The zero-order valence-corrected chi connectivity index (χ0v) is 22.7. The number of anilines is 2. The van der Waals surface area contributed by atoms with Gasteiger partial charge in [0.25, 0.3) is 11.5 Å². The van der Waals surface area contributed by atoms with E-state index >= 15 is 0 Å². The summed E-state index contributed by atoms with van der Waals surface area (Å²) < 4.78 is 3.02. The number of nitrogens with two attached hydrogens (primary N) is 1. The fraction of sp³-hybridized carbons (Fsp3) is 0.100. The highest BCUT2D eigenvalue weighted by Gasteiger charge is 2.22. The number of carbonyl (C=O) groups excluding carboxylic acids is 2. The molecule has 3 N–H and O–H groups in total. The number of halogens is 1. The number of benzene rings is 3. The Morgan fingerprint density at radius 3 is 2.40 bits per heavy atom.